The summed E-state index contributed by atoms with van der Waals surface area (Å²) in [6.45, 7) is 3.46. The number of anilines is 1. The van der Waals surface area contributed by atoms with Gasteiger partial charge >= 0.3 is 5.69 Å². The fraction of sp³-hybridized carbons (Fsp3) is 0.125. The first-order chi connectivity index (χ1) is 15.2. The number of amides is 1. The molecule has 0 bridgehead atoms. The number of hydrogen-bond donors (Lipinski definition) is 1. The second-order valence-electron chi connectivity index (χ2n) is 7.49. The van der Waals surface area contributed by atoms with E-state index in [1.54, 1.807) is 18.2 Å². The summed E-state index contributed by atoms with van der Waals surface area (Å²) in [7, 11) is 0. The molecule has 0 atom stereocenters. The molecule has 1 amide bonds. The number of aromatic nitrogens is 2. The van der Waals surface area contributed by atoms with Crippen LogP contribution < -0.4 is 16.6 Å². The van der Waals surface area contributed by atoms with E-state index in [-0.39, 0.29) is 17.4 Å². The zero-order valence-corrected chi connectivity index (χ0v) is 18.1. The van der Waals surface area contributed by atoms with Gasteiger partial charge in [0, 0.05) is 10.7 Å². The van der Waals surface area contributed by atoms with E-state index >= 15 is 0 Å². The molecular formula is C24H19ClFN3O3. The van der Waals surface area contributed by atoms with Crippen LogP contribution in [0.4, 0.5) is 10.1 Å². The molecule has 0 spiro atoms. The van der Waals surface area contributed by atoms with E-state index in [2.05, 4.69) is 5.32 Å². The summed E-state index contributed by atoms with van der Waals surface area (Å²) in [5.41, 5.74) is 1.82. The lowest BCUT2D eigenvalue weighted by molar-refractivity contribution is -0.116. The Labute approximate surface area is 187 Å². The molecule has 162 valence electrons. The number of halogens is 2. The van der Waals surface area contributed by atoms with Gasteiger partial charge in [0.1, 0.15) is 12.4 Å². The van der Waals surface area contributed by atoms with Gasteiger partial charge in [-0.1, -0.05) is 17.7 Å². The van der Waals surface area contributed by atoms with Crippen molar-refractivity contribution in [1.82, 2.24) is 9.13 Å². The summed E-state index contributed by atoms with van der Waals surface area (Å²) in [4.78, 5) is 39.3. The molecule has 8 heteroatoms. The van der Waals surface area contributed by atoms with Crippen molar-refractivity contribution in [3.05, 3.63) is 103 Å². The molecule has 0 radical (unpaired) electrons. The first kappa shape index (κ1) is 21.5. The molecule has 0 unspecified atom stereocenters. The van der Waals surface area contributed by atoms with E-state index in [9.17, 15) is 18.8 Å². The van der Waals surface area contributed by atoms with Crippen LogP contribution in [0.3, 0.4) is 0 Å². The average Bonchev–Trinajstić information content (AvgIpc) is 2.75. The van der Waals surface area contributed by atoms with Gasteiger partial charge in [0.2, 0.25) is 5.91 Å². The maximum atomic E-state index is 13.4. The fourth-order valence-electron chi connectivity index (χ4n) is 3.46. The van der Waals surface area contributed by atoms with Crippen LogP contribution in [0, 0.1) is 19.7 Å². The smallest absolute Gasteiger partial charge is 0.325 e. The Kier molecular flexibility index (Phi) is 5.67. The number of nitrogens with zero attached hydrogens (tertiary/aromatic N) is 2. The maximum absolute atomic E-state index is 13.4. The minimum atomic E-state index is -0.665. The molecule has 4 rings (SSSR count). The van der Waals surface area contributed by atoms with Crippen LogP contribution in [-0.4, -0.2) is 15.0 Å². The summed E-state index contributed by atoms with van der Waals surface area (Å²) >= 11 is 6.11. The zero-order chi connectivity index (χ0) is 23.0. The quantitative estimate of drug-likeness (QED) is 0.505. The second kappa shape index (κ2) is 8.43. The molecule has 1 heterocycles. The van der Waals surface area contributed by atoms with Gasteiger partial charge in [0.05, 0.1) is 16.6 Å². The zero-order valence-electron chi connectivity index (χ0n) is 17.4. The Morgan fingerprint density at radius 1 is 0.969 bits per heavy atom. The third kappa shape index (κ3) is 4.07. The normalized spacial score (nSPS) is 11.0. The van der Waals surface area contributed by atoms with Crippen molar-refractivity contribution in [2.24, 2.45) is 0 Å². The number of hydrogen-bond acceptors (Lipinski definition) is 3. The molecule has 0 aliphatic heterocycles. The van der Waals surface area contributed by atoms with E-state index in [0.717, 1.165) is 15.7 Å². The summed E-state index contributed by atoms with van der Waals surface area (Å²) in [6.07, 6.45) is 0. The molecule has 0 saturated heterocycles. The minimum Gasteiger partial charge on any atom is -0.325 e. The topological polar surface area (TPSA) is 73.1 Å². The maximum Gasteiger partial charge on any atom is 0.336 e. The van der Waals surface area contributed by atoms with Crippen molar-refractivity contribution in [2.75, 3.05) is 5.32 Å². The number of aryl methyl sites for hydroxylation is 2. The van der Waals surface area contributed by atoms with Crippen molar-refractivity contribution in [3.8, 4) is 5.69 Å². The molecule has 4 aromatic rings. The van der Waals surface area contributed by atoms with E-state index in [1.807, 2.05) is 19.9 Å². The van der Waals surface area contributed by atoms with Crippen LogP contribution in [0.25, 0.3) is 16.6 Å². The van der Waals surface area contributed by atoms with E-state index in [4.69, 9.17) is 11.6 Å². The molecule has 0 aliphatic carbocycles. The van der Waals surface area contributed by atoms with Crippen molar-refractivity contribution >= 4 is 34.1 Å². The summed E-state index contributed by atoms with van der Waals surface area (Å²) in [5.74, 6) is -0.939. The number of benzene rings is 3. The van der Waals surface area contributed by atoms with E-state index in [1.165, 1.54) is 41.0 Å². The number of carbonyl (C=O) groups excluding carboxylic acids is 1. The molecule has 32 heavy (non-hydrogen) atoms. The lowest BCUT2D eigenvalue weighted by atomic mass is 10.1. The molecule has 0 fully saturated rings. The van der Waals surface area contributed by atoms with Crippen LogP contribution in [-0.2, 0) is 11.3 Å². The Morgan fingerprint density at radius 2 is 1.69 bits per heavy atom. The van der Waals surface area contributed by atoms with Crippen molar-refractivity contribution in [3.63, 3.8) is 0 Å². The van der Waals surface area contributed by atoms with Crippen LogP contribution in [0.2, 0.25) is 5.02 Å². The van der Waals surface area contributed by atoms with E-state index < -0.39 is 23.0 Å². The Balaban J connectivity index is 1.86. The molecule has 0 aliphatic rings. The van der Waals surface area contributed by atoms with Crippen LogP contribution in [0.1, 0.15) is 11.1 Å². The molecule has 1 aromatic heterocycles. The first-order valence-electron chi connectivity index (χ1n) is 9.83. The summed E-state index contributed by atoms with van der Waals surface area (Å²) in [5, 5.41) is 3.21. The largest absolute Gasteiger partial charge is 0.336 e. The predicted octanol–water partition coefficient (Wildman–Crippen LogP) is 4.20. The van der Waals surface area contributed by atoms with Crippen molar-refractivity contribution < 1.29 is 9.18 Å². The number of fused-ring (bicyclic) bond motifs is 1. The van der Waals surface area contributed by atoms with Gasteiger partial charge in [-0.15, -0.1) is 0 Å². The van der Waals surface area contributed by atoms with Crippen molar-refractivity contribution in [2.45, 2.75) is 20.4 Å². The van der Waals surface area contributed by atoms with Gasteiger partial charge in [-0.05, 0) is 79.6 Å². The monoisotopic (exact) mass is 451 g/mol. The van der Waals surface area contributed by atoms with Gasteiger partial charge in [0.15, 0.2) is 0 Å². The Morgan fingerprint density at radius 3 is 2.38 bits per heavy atom. The Hall–Kier alpha value is -3.71. The number of carbonyl (C=O) groups is 1. The molecule has 1 N–H and O–H groups in total. The van der Waals surface area contributed by atoms with Crippen LogP contribution in [0.5, 0.6) is 0 Å². The molecule has 3 aromatic carbocycles. The highest BCUT2D eigenvalue weighted by Gasteiger charge is 2.17. The summed E-state index contributed by atoms with van der Waals surface area (Å²) in [6, 6.07) is 15.1. The lowest BCUT2D eigenvalue weighted by Crippen LogP contribution is -2.40. The van der Waals surface area contributed by atoms with Gasteiger partial charge < -0.3 is 5.32 Å². The molecule has 6 nitrogen and oxygen atoms in total. The Bertz CT molecular complexity index is 1470. The van der Waals surface area contributed by atoms with Crippen molar-refractivity contribution in [1.29, 1.82) is 0 Å². The molecule has 0 saturated carbocycles. The highest BCUT2D eigenvalue weighted by molar-refractivity contribution is 6.31. The van der Waals surface area contributed by atoms with Gasteiger partial charge in [-0.2, -0.15) is 0 Å². The average molecular weight is 452 g/mol. The van der Waals surface area contributed by atoms with Crippen LogP contribution >= 0.6 is 11.6 Å². The highest BCUT2D eigenvalue weighted by atomic mass is 35.5. The second-order valence-corrected chi connectivity index (χ2v) is 7.93. The molecular weight excluding hydrogens is 433 g/mol. The fourth-order valence-corrected chi connectivity index (χ4v) is 3.63. The van der Waals surface area contributed by atoms with Crippen LogP contribution in [0.15, 0.2) is 70.3 Å². The highest BCUT2D eigenvalue weighted by Crippen LogP contribution is 2.18. The SMILES string of the molecule is Cc1ccc(-n2c(=O)c3ccc(Cl)cc3n(CC(=O)Nc3ccc(F)cc3)c2=O)cc1C. The van der Waals surface area contributed by atoms with Gasteiger partial charge in [0.25, 0.3) is 5.56 Å². The number of rotatable bonds is 4. The third-order valence-electron chi connectivity index (χ3n) is 5.28. The summed E-state index contributed by atoms with van der Waals surface area (Å²) < 4.78 is 15.4. The standard InChI is InChI=1S/C24H19ClFN3O3/c1-14-3-9-19(11-15(14)2)29-23(31)20-10-4-16(25)12-21(20)28(24(29)32)13-22(30)27-18-7-5-17(26)6-8-18/h3-12H,13H2,1-2H3,(H,27,30). The van der Waals surface area contributed by atoms with Gasteiger partial charge in [-0.25, -0.2) is 13.8 Å². The predicted molar refractivity (Wildman–Crippen MR) is 123 cm³/mol. The lowest BCUT2D eigenvalue weighted by Gasteiger charge is -2.15. The first-order valence-corrected chi connectivity index (χ1v) is 10.2. The minimum absolute atomic E-state index is 0.252. The number of nitrogens with one attached hydrogen (secondary N) is 1. The third-order valence-corrected chi connectivity index (χ3v) is 5.52. The van der Waals surface area contributed by atoms with Gasteiger partial charge in [-0.3, -0.25) is 14.2 Å². The van der Waals surface area contributed by atoms with E-state index in [0.29, 0.717) is 16.4 Å².